The fourth-order valence-electron chi connectivity index (χ4n) is 3.38. The molecule has 0 saturated carbocycles. The molecule has 4 rings (SSSR count). The van der Waals surface area contributed by atoms with Crippen LogP contribution in [0.3, 0.4) is 0 Å². The molecule has 0 aliphatic carbocycles. The fraction of sp³-hybridized carbons (Fsp3) is 0.160. The second kappa shape index (κ2) is 11.2. The maximum absolute atomic E-state index is 13.2. The van der Waals surface area contributed by atoms with Crippen LogP contribution in [-0.4, -0.2) is 15.9 Å². The molecule has 0 atom stereocenters. The molecule has 174 valence electrons. The van der Waals surface area contributed by atoms with Gasteiger partial charge in [0.05, 0.1) is 26.1 Å². The summed E-state index contributed by atoms with van der Waals surface area (Å²) >= 11 is 16.8. The van der Waals surface area contributed by atoms with Gasteiger partial charge >= 0.3 is 0 Å². The Balaban J connectivity index is 1.65. The Morgan fingerprint density at radius 1 is 1.09 bits per heavy atom. The Kier molecular flexibility index (Phi) is 8.24. The van der Waals surface area contributed by atoms with E-state index in [1.165, 1.54) is 4.68 Å². The minimum Gasteiger partial charge on any atom is -0.486 e. The van der Waals surface area contributed by atoms with E-state index in [0.717, 1.165) is 31.0 Å². The van der Waals surface area contributed by atoms with Crippen LogP contribution in [0.4, 0.5) is 0 Å². The van der Waals surface area contributed by atoms with Gasteiger partial charge in [-0.3, -0.25) is 4.79 Å². The van der Waals surface area contributed by atoms with E-state index in [1.54, 1.807) is 12.3 Å². The Hall–Kier alpha value is -2.00. The normalized spacial score (nSPS) is 11.4. The lowest BCUT2D eigenvalue weighted by molar-refractivity contribution is 0.302. The number of fused-ring (bicyclic) bond motifs is 1. The third kappa shape index (κ3) is 5.62. The molecule has 4 aromatic rings. The molecule has 0 bridgehead atoms. The van der Waals surface area contributed by atoms with Crippen molar-refractivity contribution in [3.63, 3.8) is 0 Å². The Labute approximate surface area is 227 Å². The molecule has 0 aliphatic heterocycles. The smallest absolute Gasteiger partial charge is 0.282 e. The van der Waals surface area contributed by atoms with Crippen LogP contribution in [0.2, 0.25) is 5.02 Å². The predicted octanol–water partition coefficient (Wildman–Crippen LogP) is 7.75. The van der Waals surface area contributed by atoms with Gasteiger partial charge in [0, 0.05) is 21.5 Å². The molecule has 1 aromatic heterocycles. The monoisotopic (exact) mass is 665 g/mol. The maximum atomic E-state index is 13.2. The molecule has 0 N–H and O–H groups in total. The lowest BCUT2D eigenvalue weighted by atomic mass is 10.2. The second-order valence-corrected chi connectivity index (χ2v) is 10.5. The summed E-state index contributed by atoms with van der Waals surface area (Å²) in [6.07, 6.45) is 3.12. The van der Waals surface area contributed by atoms with E-state index in [0.29, 0.717) is 40.5 Å². The number of hydrogen-bond donors (Lipinski definition) is 0. The van der Waals surface area contributed by atoms with Gasteiger partial charge in [-0.25, -0.2) is 4.98 Å². The summed E-state index contributed by atoms with van der Waals surface area (Å²) in [4.78, 5) is 17.8. The van der Waals surface area contributed by atoms with Crippen molar-refractivity contribution in [3.8, 4) is 5.75 Å². The molecule has 0 radical (unpaired) electrons. The van der Waals surface area contributed by atoms with Crippen LogP contribution in [0.25, 0.3) is 10.9 Å². The van der Waals surface area contributed by atoms with Crippen LogP contribution in [-0.2, 0) is 13.0 Å². The number of aryl methyl sites for hydroxylation is 1. The molecule has 0 aliphatic rings. The number of benzene rings is 3. The van der Waals surface area contributed by atoms with Gasteiger partial charge in [0.25, 0.3) is 5.56 Å². The highest BCUT2D eigenvalue weighted by molar-refractivity contribution is 9.11. The lowest BCUT2D eigenvalue weighted by Crippen LogP contribution is -2.22. The number of ether oxygens (including phenoxy) is 1. The summed E-state index contributed by atoms with van der Waals surface area (Å²) < 4.78 is 9.68. The zero-order valence-electron chi connectivity index (χ0n) is 18.1. The van der Waals surface area contributed by atoms with Crippen LogP contribution in [0.1, 0.15) is 30.3 Å². The first-order valence-electron chi connectivity index (χ1n) is 10.5. The number of nitrogens with zero attached hydrogens (tertiary/aromatic N) is 3. The summed E-state index contributed by atoms with van der Waals surface area (Å²) in [6.45, 7) is 2.37. The Morgan fingerprint density at radius 3 is 2.53 bits per heavy atom. The molecule has 34 heavy (non-hydrogen) atoms. The van der Waals surface area contributed by atoms with E-state index >= 15 is 0 Å². The van der Waals surface area contributed by atoms with Crippen molar-refractivity contribution in [2.75, 3.05) is 0 Å². The van der Waals surface area contributed by atoms with E-state index in [4.69, 9.17) is 16.3 Å². The largest absolute Gasteiger partial charge is 0.486 e. The zero-order chi connectivity index (χ0) is 24.2. The van der Waals surface area contributed by atoms with Gasteiger partial charge < -0.3 is 4.74 Å². The van der Waals surface area contributed by atoms with Crippen LogP contribution in [0.15, 0.2) is 77.9 Å². The highest BCUT2D eigenvalue weighted by Gasteiger charge is 2.12. The van der Waals surface area contributed by atoms with Gasteiger partial charge in [-0.2, -0.15) is 9.78 Å². The molecular formula is C25H19Br3ClN3O2. The standard InChI is InChI=1S/C25H19Br3ClN3O2/c1-2-5-23-31-22-9-8-17(26)12-18(22)25(33)32(23)30-13-15-10-19(27)24(20(28)11-15)34-14-16-6-3-4-7-21(16)29/h3-4,6-13H,2,5,14H2,1H3. The van der Waals surface area contributed by atoms with Crippen molar-refractivity contribution in [2.45, 2.75) is 26.4 Å². The van der Waals surface area contributed by atoms with E-state index < -0.39 is 0 Å². The van der Waals surface area contributed by atoms with Crippen molar-refractivity contribution in [3.05, 3.63) is 100 Å². The second-order valence-electron chi connectivity index (χ2n) is 7.49. The van der Waals surface area contributed by atoms with E-state index in [-0.39, 0.29) is 5.56 Å². The summed E-state index contributed by atoms with van der Waals surface area (Å²) in [5.74, 6) is 1.27. The molecule has 0 unspecified atom stereocenters. The minimum absolute atomic E-state index is 0.205. The average Bonchev–Trinajstić information content (AvgIpc) is 2.80. The molecule has 1 heterocycles. The summed E-state index contributed by atoms with van der Waals surface area (Å²) in [5.41, 5.74) is 2.14. The Morgan fingerprint density at radius 2 is 1.82 bits per heavy atom. The first-order valence-corrected chi connectivity index (χ1v) is 13.2. The number of halogens is 4. The van der Waals surface area contributed by atoms with E-state index in [9.17, 15) is 4.79 Å². The molecule has 0 saturated heterocycles. The van der Waals surface area contributed by atoms with Gasteiger partial charge in [-0.1, -0.05) is 52.7 Å². The first-order chi connectivity index (χ1) is 16.4. The van der Waals surface area contributed by atoms with E-state index in [2.05, 4.69) is 57.9 Å². The number of hydrogen-bond acceptors (Lipinski definition) is 4. The molecular weight excluding hydrogens is 649 g/mol. The average molecular weight is 669 g/mol. The van der Waals surface area contributed by atoms with Crippen LogP contribution >= 0.6 is 59.4 Å². The van der Waals surface area contributed by atoms with Gasteiger partial charge in [-0.05, 0) is 80.2 Å². The third-order valence-electron chi connectivity index (χ3n) is 5.02. The molecule has 0 amide bonds. The van der Waals surface area contributed by atoms with Crippen molar-refractivity contribution in [1.29, 1.82) is 0 Å². The first kappa shape index (κ1) is 25.1. The highest BCUT2D eigenvalue weighted by Crippen LogP contribution is 2.35. The van der Waals surface area contributed by atoms with Crippen LogP contribution in [0, 0.1) is 0 Å². The summed E-state index contributed by atoms with van der Waals surface area (Å²) in [6, 6.07) is 16.8. The quantitative estimate of drug-likeness (QED) is 0.189. The SMILES string of the molecule is CCCc1nc2ccc(Br)cc2c(=O)n1N=Cc1cc(Br)c(OCc2ccccc2Cl)c(Br)c1. The topological polar surface area (TPSA) is 56.5 Å². The third-order valence-corrected chi connectivity index (χ3v) is 7.06. The Bertz CT molecular complexity index is 1430. The summed E-state index contributed by atoms with van der Waals surface area (Å²) in [5, 5.41) is 5.66. The molecule has 5 nitrogen and oxygen atoms in total. The molecule has 9 heteroatoms. The molecule has 3 aromatic carbocycles. The minimum atomic E-state index is -0.205. The van der Waals surface area contributed by atoms with Gasteiger partial charge in [-0.15, -0.1) is 0 Å². The van der Waals surface area contributed by atoms with Gasteiger partial charge in [0.1, 0.15) is 18.2 Å². The van der Waals surface area contributed by atoms with E-state index in [1.807, 2.05) is 55.5 Å². The molecule has 0 fully saturated rings. The number of aromatic nitrogens is 2. The lowest BCUT2D eigenvalue weighted by Gasteiger charge is -2.12. The van der Waals surface area contributed by atoms with Crippen LogP contribution < -0.4 is 10.3 Å². The van der Waals surface area contributed by atoms with Crippen molar-refractivity contribution < 1.29 is 4.74 Å². The van der Waals surface area contributed by atoms with Gasteiger partial charge in [0.2, 0.25) is 0 Å². The predicted molar refractivity (Wildman–Crippen MR) is 148 cm³/mol. The van der Waals surface area contributed by atoms with Gasteiger partial charge in [0.15, 0.2) is 0 Å². The van der Waals surface area contributed by atoms with Crippen molar-refractivity contribution in [2.24, 2.45) is 5.10 Å². The van der Waals surface area contributed by atoms with Crippen LogP contribution in [0.5, 0.6) is 5.75 Å². The molecule has 0 spiro atoms. The number of rotatable bonds is 7. The summed E-state index contributed by atoms with van der Waals surface area (Å²) in [7, 11) is 0. The maximum Gasteiger partial charge on any atom is 0.282 e. The fourth-order valence-corrected chi connectivity index (χ4v) is 5.38. The zero-order valence-corrected chi connectivity index (χ0v) is 23.6. The van der Waals surface area contributed by atoms with Crippen molar-refractivity contribution >= 4 is 76.5 Å². The van der Waals surface area contributed by atoms with Crippen molar-refractivity contribution in [1.82, 2.24) is 9.66 Å². The highest BCUT2D eigenvalue weighted by atomic mass is 79.9.